The van der Waals surface area contributed by atoms with Crippen molar-refractivity contribution in [3.8, 4) is 0 Å². The number of hydrogen-bond acceptors (Lipinski definition) is 8. The lowest BCUT2D eigenvalue weighted by atomic mass is 10.0. The van der Waals surface area contributed by atoms with Gasteiger partial charge in [-0.1, -0.05) is 71.4 Å². The second-order valence-corrected chi connectivity index (χ2v) is 15.0. The SMILES string of the molecule is C=C(CO[C@H]1CC/C=C/CCC1)NCCNC(C)C.C=C(NC(C)C)O[C@@H]1/C=C/CCCCC1.CC(C)NCCNC(=O)O[C@@H]1/C=C/CCCCC1. The fourth-order valence-corrected chi connectivity index (χ4v) is 5.86. The van der Waals surface area contributed by atoms with Gasteiger partial charge in [-0.05, 0) is 116 Å². The summed E-state index contributed by atoms with van der Waals surface area (Å²) in [5.41, 5.74) is 0.989. The Kier molecular flexibility index (Phi) is 28.9. The fraction of sp³-hybridized carbons (Fsp3) is 0.744. The van der Waals surface area contributed by atoms with Gasteiger partial charge in [-0.3, -0.25) is 0 Å². The Morgan fingerprint density at radius 1 is 0.615 bits per heavy atom. The molecule has 0 unspecified atom stereocenters. The van der Waals surface area contributed by atoms with Crippen molar-refractivity contribution in [2.45, 2.75) is 174 Å². The molecule has 9 heteroatoms. The van der Waals surface area contributed by atoms with Crippen LogP contribution in [0.15, 0.2) is 61.2 Å². The lowest BCUT2D eigenvalue weighted by molar-refractivity contribution is 0.0536. The van der Waals surface area contributed by atoms with Gasteiger partial charge in [0.05, 0.1) is 12.7 Å². The molecule has 0 aromatic carbocycles. The van der Waals surface area contributed by atoms with E-state index >= 15 is 0 Å². The van der Waals surface area contributed by atoms with Crippen LogP contribution in [0, 0.1) is 0 Å². The van der Waals surface area contributed by atoms with Gasteiger partial charge in [0, 0.05) is 50.0 Å². The van der Waals surface area contributed by atoms with Crippen LogP contribution in [0.1, 0.15) is 138 Å². The van der Waals surface area contributed by atoms with E-state index in [-0.39, 0.29) is 18.3 Å². The van der Waals surface area contributed by atoms with E-state index in [1.807, 2.05) is 6.08 Å². The highest BCUT2D eigenvalue weighted by Gasteiger charge is 2.13. The van der Waals surface area contributed by atoms with Crippen LogP contribution in [0.2, 0.25) is 0 Å². The summed E-state index contributed by atoms with van der Waals surface area (Å²) in [7, 11) is 0. The first-order chi connectivity index (χ1) is 25.0. The van der Waals surface area contributed by atoms with Crippen molar-refractivity contribution < 1.29 is 19.0 Å². The number of nitrogens with one attached hydrogen (secondary N) is 5. The zero-order chi connectivity index (χ0) is 38.2. The van der Waals surface area contributed by atoms with Crippen molar-refractivity contribution >= 4 is 6.09 Å². The monoisotopic (exact) mass is 730 g/mol. The summed E-state index contributed by atoms with van der Waals surface area (Å²) >= 11 is 0. The molecule has 1 amide bonds. The van der Waals surface area contributed by atoms with E-state index in [0.717, 1.165) is 63.9 Å². The molecule has 3 aliphatic rings. The van der Waals surface area contributed by atoms with Crippen molar-refractivity contribution in [1.29, 1.82) is 0 Å². The van der Waals surface area contributed by atoms with Crippen LogP contribution in [0.5, 0.6) is 0 Å². The topological polar surface area (TPSA) is 105 Å². The maximum atomic E-state index is 11.6. The molecule has 5 N–H and O–H groups in total. The molecule has 0 spiro atoms. The van der Waals surface area contributed by atoms with Crippen LogP contribution in [0.25, 0.3) is 0 Å². The van der Waals surface area contributed by atoms with E-state index in [4.69, 9.17) is 14.2 Å². The maximum Gasteiger partial charge on any atom is 0.407 e. The van der Waals surface area contributed by atoms with Crippen LogP contribution in [0.3, 0.4) is 0 Å². The summed E-state index contributed by atoms with van der Waals surface area (Å²) in [4.78, 5) is 11.6. The molecule has 0 aromatic heterocycles. The van der Waals surface area contributed by atoms with E-state index in [1.165, 1.54) is 57.8 Å². The molecule has 0 saturated heterocycles. The van der Waals surface area contributed by atoms with Gasteiger partial charge in [-0.25, -0.2) is 4.79 Å². The van der Waals surface area contributed by atoms with E-state index in [9.17, 15) is 4.79 Å². The normalized spacial score (nSPS) is 22.5. The predicted octanol–water partition coefficient (Wildman–Crippen LogP) is 8.95. The zero-order valence-electron chi connectivity index (χ0n) is 34.1. The standard InChI is InChI=1S/C16H30N2O.C14H26N2O2.C13H23NO/c1-14(2)17-11-12-18-15(3)13-19-16-9-7-5-4-6-8-10-16;1-12(2)15-10-11-16-14(17)18-13-8-6-4-3-5-7-9-13;1-11(2)14-12(3)15-13-9-7-5-4-6-8-10-13/h4-5,14,16-18H,3,6-13H2,1-2H3;6,8,12-13,15H,3-5,7,9-11H2,1-2H3,(H,16,17);7,9,11,13-14H,3-6,8,10H2,1-2H3/b5-4+;8-6+;9-7+/t16-;2*13-/m011/s1. The molecule has 300 valence electrons. The zero-order valence-corrected chi connectivity index (χ0v) is 34.1. The quantitative estimate of drug-likeness (QED) is 0.0575. The summed E-state index contributed by atoms with van der Waals surface area (Å²) in [6.45, 7) is 24.4. The summed E-state index contributed by atoms with van der Waals surface area (Å²) in [6.07, 6.45) is 31.1. The number of amides is 1. The van der Waals surface area contributed by atoms with Gasteiger partial charge in [0.15, 0.2) is 5.88 Å². The Morgan fingerprint density at radius 3 is 1.77 bits per heavy atom. The van der Waals surface area contributed by atoms with Crippen molar-refractivity contribution in [3.63, 3.8) is 0 Å². The van der Waals surface area contributed by atoms with Crippen molar-refractivity contribution in [2.75, 3.05) is 32.8 Å². The smallest absolute Gasteiger partial charge is 0.407 e. The summed E-state index contributed by atoms with van der Waals surface area (Å²) in [6, 6.07) is 1.36. The van der Waals surface area contributed by atoms with E-state index in [0.29, 0.717) is 43.3 Å². The fourth-order valence-electron chi connectivity index (χ4n) is 5.86. The second kappa shape index (κ2) is 31.7. The molecule has 0 aromatic rings. The van der Waals surface area contributed by atoms with Crippen LogP contribution >= 0.6 is 0 Å². The van der Waals surface area contributed by atoms with E-state index < -0.39 is 0 Å². The number of hydrogen-bond donors (Lipinski definition) is 5. The summed E-state index contributed by atoms with van der Waals surface area (Å²) < 4.78 is 17.1. The molecule has 9 nitrogen and oxygen atoms in total. The lowest BCUT2D eigenvalue weighted by Gasteiger charge is -2.21. The van der Waals surface area contributed by atoms with Crippen LogP contribution in [-0.4, -0.2) is 75.3 Å². The van der Waals surface area contributed by atoms with Crippen LogP contribution in [0.4, 0.5) is 4.79 Å². The maximum absolute atomic E-state index is 11.6. The molecule has 3 rings (SSSR count). The largest absolute Gasteiger partial charge is 0.472 e. The minimum atomic E-state index is -0.309. The molecule has 0 aliphatic heterocycles. The molecule has 0 saturated carbocycles. The highest BCUT2D eigenvalue weighted by Crippen LogP contribution is 2.17. The molecule has 0 radical (unpaired) electrons. The molecular weight excluding hydrogens is 651 g/mol. The second-order valence-electron chi connectivity index (χ2n) is 15.0. The molecule has 0 heterocycles. The first-order valence-corrected chi connectivity index (χ1v) is 20.6. The van der Waals surface area contributed by atoms with Crippen LogP contribution in [-0.2, 0) is 14.2 Å². The Balaban J connectivity index is 0.000000393. The Bertz CT molecular complexity index is 1010. The molecule has 0 bridgehead atoms. The molecule has 3 aliphatic carbocycles. The first-order valence-electron chi connectivity index (χ1n) is 20.6. The third kappa shape index (κ3) is 29.8. The average molecular weight is 730 g/mol. The van der Waals surface area contributed by atoms with E-state index in [1.54, 1.807) is 0 Å². The number of alkyl carbamates (subject to hydrolysis) is 1. The number of rotatable bonds is 17. The van der Waals surface area contributed by atoms with Gasteiger partial charge in [-0.15, -0.1) is 0 Å². The van der Waals surface area contributed by atoms with Gasteiger partial charge in [0.25, 0.3) is 0 Å². The van der Waals surface area contributed by atoms with Gasteiger partial charge >= 0.3 is 6.09 Å². The molecular formula is C43H79N5O4. The minimum Gasteiger partial charge on any atom is -0.472 e. The highest BCUT2D eigenvalue weighted by molar-refractivity contribution is 5.67. The minimum absolute atomic E-state index is 0.0524. The first kappa shape index (κ1) is 47.3. The molecule has 52 heavy (non-hydrogen) atoms. The summed E-state index contributed by atoms with van der Waals surface area (Å²) in [5.74, 6) is 0.695. The Morgan fingerprint density at radius 2 is 1.17 bits per heavy atom. The third-order valence-corrected chi connectivity index (χ3v) is 8.63. The van der Waals surface area contributed by atoms with Gasteiger partial charge in [-0.2, -0.15) is 0 Å². The number of carbonyl (C=O) groups is 1. The Hall–Kier alpha value is -2.75. The molecule has 3 atom stereocenters. The Labute approximate surface area is 319 Å². The highest BCUT2D eigenvalue weighted by atomic mass is 16.6. The van der Waals surface area contributed by atoms with E-state index in [2.05, 4.69) is 112 Å². The average Bonchev–Trinajstić information content (AvgIpc) is 3.03. The van der Waals surface area contributed by atoms with Gasteiger partial charge in [0.2, 0.25) is 0 Å². The van der Waals surface area contributed by atoms with Gasteiger partial charge in [0.1, 0.15) is 12.2 Å². The summed E-state index contributed by atoms with van der Waals surface area (Å²) in [5, 5.41) is 15.9. The number of ether oxygens (including phenoxy) is 3. The number of carbonyl (C=O) groups excluding carboxylic acids is 1. The predicted molar refractivity (Wildman–Crippen MR) is 220 cm³/mol. The van der Waals surface area contributed by atoms with Crippen LogP contribution < -0.4 is 26.6 Å². The van der Waals surface area contributed by atoms with Crippen molar-refractivity contribution in [1.82, 2.24) is 26.6 Å². The van der Waals surface area contributed by atoms with Gasteiger partial charge < -0.3 is 40.8 Å². The third-order valence-electron chi connectivity index (χ3n) is 8.63. The van der Waals surface area contributed by atoms with Crippen molar-refractivity contribution in [3.05, 3.63) is 61.2 Å². The number of allylic oxidation sites excluding steroid dienone is 4. The lowest BCUT2D eigenvalue weighted by Crippen LogP contribution is -2.36. The van der Waals surface area contributed by atoms with Crippen molar-refractivity contribution in [2.24, 2.45) is 0 Å². The molecule has 0 fully saturated rings.